The smallest absolute Gasteiger partial charge is 0.251 e. The van der Waals surface area contributed by atoms with Crippen LogP contribution in [-0.4, -0.2) is 25.2 Å². The number of hydrogen-bond acceptors (Lipinski definition) is 3. The van der Waals surface area contributed by atoms with E-state index in [-0.39, 0.29) is 17.7 Å². The van der Waals surface area contributed by atoms with E-state index in [1.54, 1.807) is 13.2 Å². The second-order valence-electron chi connectivity index (χ2n) is 4.87. The Bertz CT molecular complexity index is 465. The molecule has 0 radical (unpaired) electrons. The van der Waals surface area contributed by atoms with Crippen molar-refractivity contribution in [2.45, 2.75) is 37.8 Å². The summed E-state index contributed by atoms with van der Waals surface area (Å²) in [5, 5.41) is 3.30. The van der Waals surface area contributed by atoms with Gasteiger partial charge in [-0.2, -0.15) is 0 Å². The third-order valence-electron chi connectivity index (χ3n) is 3.59. The molecule has 0 spiro atoms. The van der Waals surface area contributed by atoms with Crippen LogP contribution >= 0.6 is 0 Å². The number of methoxy groups -OCH3 is 1. The first-order chi connectivity index (χ1) is 9.11. The van der Waals surface area contributed by atoms with Crippen LogP contribution in [0.3, 0.4) is 0 Å². The highest BCUT2D eigenvalue weighted by Crippen LogP contribution is 2.25. The molecule has 3 N–H and O–H groups in total. The Labute approximate surface area is 112 Å². The minimum Gasteiger partial charge on any atom is -0.380 e. The third-order valence-corrected chi connectivity index (χ3v) is 3.59. The van der Waals surface area contributed by atoms with Gasteiger partial charge in [-0.3, -0.25) is 4.79 Å². The SMILES string of the molecule is COC1CCCCC1Nc1ccc(F)c(C(N)=O)c1. The molecule has 104 valence electrons. The van der Waals surface area contributed by atoms with Gasteiger partial charge in [0, 0.05) is 12.8 Å². The molecule has 4 nitrogen and oxygen atoms in total. The summed E-state index contributed by atoms with van der Waals surface area (Å²) in [6.07, 6.45) is 4.46. The van der Waals surface area contributed by atoms with Gasteiger partial charge >= 0.3 is 0 Å². The first-order valence-corrected chi connectivity index (χ1v) is 6.50. The molecule has 19 heavy (non-hydrogen) atoms. The average molecular weight is 266 g/mol. The summed E-state index contributed by atoms with van der Waals surface area (Å²) in [5.41, 5.74) is 5.75. The number of benzene rings is 1. The van der Waals surface area contributed by atoms with Crippen molar-refractivity contribution in [2.24, 2.45) is 5.73 Å². The summed E-state index contributed by atoms with van der Waals surface area (Å²) in [5.74, 6) is -1.35. The van der Waals surface area contributed by atoms with Crippen LogP contribution in [0.25, 0.3) is 0 Å². The highest BCUT2D eigenvalue weighted by molar-refractivity contribution is 5.94. The molecule has 0 saturated heterocycles. The van der Waals surface area contributed by atoms with E-state index in [0.29, 0.717) is 5.69 Å². The molecule has 1 saturated carbocycles. The molecule has 5 heteroatoms. The molecule has 0 aromatic heterocycles. The van der Waals surface area contributed by atoms with E-state index in [4.69, 9.17) is 10.5 Å². The topological polar surface area (TPSA) is 64.3 Å². The summed E-state index contributed by atoms with van der Waals surface area (Å²) in [6, 6.07) is 4.51. The number of carbonyl (C=O) groups is 1. The average Bonchev–Trinajstić information content (AvgIpc) is 2.41. The fourth-order valence-electron chi connectivity index (χ4n) is 2.56. The molecule has 1 aliphatic rings. The van der Waals surface area contributed by atoms with Gasteiger partial charge in [0.25, 0.3) is 5.91 Å². The van der Waals surface area contributed by atoms with Crippen LogP contribution < -0.4 is 11.1 Å². The van der Waals surface area contributed by atoms with Crippen molar-refractivity contribution in [3.63, 3.8) is 0 Å². The van der Waals surface area contributed by atoms with Crippen molar-refractivity contribution >= 4 is 11.6 Å². The number of primary amides is 1. The largest absolute Gasteiger partial charge is 0.380 e. The van der Waals surface area contributed by atoms with E-state index >= 15 is 0 Å². The molecule has 1 aliphatic carbocycles. The molecular weight excluding hydrogens is 247 g/mol. The number of nitrogens with one attached hydrogen (secondary N) is 1. The van der Waals surface area contributed by atoms with Crippen molar-refractivity contribution in [2.75, 3.05) is 12.4 Å². The van der Waals surface area contributed by atoms with Crippen LogP contribution in [-0.2, 0) is 4.74 Å². The van der Waals surface area contributed by atoms with E-state index in [9.17, 15) is 9.18 Å². The predicted octanol–water partition coefficient (Wildman–Crippen LogP) is 2.29. The van der Waals surface area contributed by atoms with Gasteiger partial charge in [0.05, 0.1) is 17.7 Å². The van der Waals surface area contributed by atoms with Crippen LogP contribution in [0, 0.1) is 5.82 Å². The van der Waals surface area contributed by atoms with Crippen LogP contribution in [0.15, 0.2) is 18.2 Å². The maximum atomic E-state index is 13.4. The number of anilines is 1. The molecule has 2 rings (SSSR count). The van der Waals surface area contributed by atoms with Gasteiger partial charge in [0.1, 0.15) is 5.82 Å². The highest BCUT2D eigenvalue weighted by Gasteiger charge is 2.24. The van der Waals surface area contributed by atoms with Crippen LogP contribution in [0.4, 0.5) is 10.1 Å². The predicted molar refractivity (Wildman–Crippen MR) is 71.6 cm³/mol. The zero-order chi connectivity index (χ0) is 13.8. The lowest BCUT2D eigenvalue weighted by molar-refractivity contribution is 0.0606. The summed E-state index contributed by atoms with van der Waals surface area (Å²) in [6.45, 7) is 0. The lowest BCUT2D eigenvalue weighted by Gasteiger charge is -2.31. The Morgan fingerprint density at radius 1 is 1.42 bits per heavy atom. The van der Waals surface area contributed by atoms with Gasteiger partial charge in [0.15, 0.2) is 0 Å². The number of halogens is 1. The first-order valence-electron chi connectivity index (χ1n) is 6.50. The fraction of sp³-hybridized carbons (Fsp3) is 0.500. The highest BCUT2D eigenvalue weighted by atomic mass is 19.1. The van der Waals surface area contributed by atoms with Crippen molar-refractivity contribution in [1.29, 1.82) is 0 Å². The third kappa shape index (κ3) is 3.23. The minimum absolute atomic E-state index is 0.0882. The Hall–Kier alpha value is -1.62. The lowest BCUT2D eigenvalue weighted by Crippen LogP contribution is -2.37. The maximum Gasteiger partial charge on any atom is 0.251 e. The number of ether oxygens (including phenoxy) is 1. The van der Waals surface area contributed by atoms with Crippen LogP contribution in [0.2, 0.25) is 0 Å². The van der Waals surface area contributed by atoms with Crippen molar-refractivity contribution in [3.05, 3.63) is 29.6 Å². The molecule has 0 bridgehead atoms. The molecule has 1 amide bonds. The molecule has 1 aromatic carbocycles. The van der Waals surface area contributed by atoms with Gasteiger partial charge in [-0.05, 0) is 31.0 Å². The minimum atomic E-state index is -0.756. The Kier molecular flexibility index (Phi) is 4.37. The monoisotopic (exact) mass is 266 g/mol. The van der Waals surface area contributed by atoms with Crippen LogP contribution in [0.5, 0.6) is 0 Å². The molecular formula is C14H19FN2O2. The maximum absolute atomic E-state index is 13.4. The first kappa shape index (κ1) is 13.8. The number of amides is 1. The normalized spacial score (nSPS) is 23.1. The van der Waals surface area contributed by atoms with Gasteiger partial charge in [-0.25, -0.2) is 4.39 Å². The Morgan fingerprint density at radius 3 is 2.84 bits per heavy atom. The van der Waals surface area contributed by atoms with Gasteiger partial charge in [-0.1, -0.05) is 12.8 Å². The summed E-state index contributed by atoms with van der Waals surface area (Å²) >= 11 is 0. The van der Waals surface area contributed by atoms with E-state index in [1.807, 2.05) is 0 Å². The standard InChI is InChI=1S/C14H19FN2O2/c1-19-13-5-3-2-4-12(13)17-9-6-7-11(15)10(8-9)14(16)18/h6-8,12-13,17H,2-5H2,1H3,(H2,16,18). The summed E-state index contributed by atoms with van der Waals surface area (Å²) in [4.78, 5) is 11.1. The van der Waals surface area contributed by atoms with Crippen LogP contribution in [0.1, 0.15) is 36.0 Å². The summed E-state index contributed by atoms with van der Waals surface area (Å²) < 4.78 is 18.8. The Balaban J connectivity index is 2.14. The van der Waals surface area contributed by atoms with Gasteiger partial charge < -0.3 is 15.8 Å². The number of hydrogen-bond donors (Lipinski definition) is 2. The van der Waals surface area contributed by atoms with E-state index in [0.717, 1.165) is 25.7 Å². The molecule has 1 aromatic rings. The van der Waals surface area contributed by atoms with Crippen molar-refractivity contribution in [1.82, 2.24) is 0 Å². The number of nitrogens with two attached hydrogens (primary N) is 1. The van der Waals surface area contributed by atoms with Gasteiger partial charge in [-0.15, -0.1) is 0 Å². The zero-order valence-electron chi connectivity index (χ0n) is 11.0. The summed E-state index contributed by atoms with van der Waals surface area (Å²) in [7, 11) is 1.70. The van der Waals surface area contributed by atoms with E-state index in [1.165, 1.54) is 12.1 Å². The number of carbonyl (C=O) groups excluding carboxylic acids is 1. The molecule has 1 fully saturated rings. The molecule has 0 aliphatic heterocycles. The molecule has 0 heterocycles. The van der Waals surface area contributed by atoms with E-state index < -0.39 is 11.7 Å². The zero-order valence-corrected chi connectivity index (χ0v) is 11.0. The Morgan fingerprint density at radius 2 is 2.16 bits per heavy atom. The second-order valence-corrected chi connectivity index (χ2v) is 4.87. The number of rotatable bonds is 4. The second kappa shape index (κ2) is 6.02. The molecule has 2 unspecified atom stereocenters. The van der Waals surface area contributed by atoms with Crippen molar-refractivity contribution < 1.29 is 13.9 Å². The fourth-order valence-corrected chi connectivity index (χ4v) is 2.56. The molecule has 2 atom stereocenters. The van der Waals surface area contributed by atoms with Crippen molar-refractivity contribution in [3.8, 4) is 0 Å². The lowest BCUT2D eigenvalue weighted by atomic mass is 9.92. The van der Waals surface area contributed by atoms with E-state index in [2.05, 4.69) is 5.32 Å². The quantitative estimate of drug-likeness (QED) is 0.878. The van der Waals surface area contributed by atoms with Gasteiger partial charge in [0.2, 0.25) is 0 Å².